The lowest BCUT2D eigenvalue weighted by atomic mass is 9.88. The molecule has 0 bridgehead atoms. The third-order valence-electron chi connectivity index (χ3n) is 9.27. The molecule has 0 fully saturated rings. The maximum absolute atomic E-state index is 14.2. The summed E-state index contributed by atoms with van der Waals surface area (Å²) in [4.78, 5) is 59.4. The van der Waals surface area contributed by atoms with Crippen molar-refractivity contribution in [3.63, 3.8) is 0 Å². The highest BCUT2D eigenvalue weighted by atomic mass is 32.2. The molecule has 0 aliphatic heterocycles. The van der Waals surface area contributed by atoms with E-state index in [1.54, 1.807) is 54.7 Å². The molecule has 2 unspecified atom stereocenters. The van der Waals surface area contributed by atoms with Gasteiger partial charge in [-0.1, -0.05) is 79.7 Å². The first-order chi connectivity index (χ1) is 26.3. The second-order valence-corrected chi connectivity index (χ2v) is 15.4. The molecule has 1 aliphatic rings. The third kappa shape index (κ3) is 8.17. The smallest absolute Gasteiger partial charge is 0.341 e. The number of amides is 3. The van der Waals surface area contributed by atoms with Crippen LogP contribution in [-0.2, 0) is 27.2 Å². The van der Waals surface area contributed by atoms with Crippen LogP contribution in [0.2, 0.25) is 0 Å². The van der Waals surface area contributed by atoms with E-state index in [2.05, 4.69) is 27.9 Å². The molecular weight excluding hydrogens is 717 g/mol. The van der Waals surface area contributed by atoms with Gasteiger partial charge in [0.15, 0.2) is 0 Å². The van der Waals surface area contributed by atoms with E-state index in [9.17, 15) is 19.2 Å². The standard InChI is InChI=1S/C43H38N4O5S2/c1-26-20-21-33-36(22-26)54-42(37(33)43(51)52-2)47-41(50)38(27-12-5-3-6-13-27)53-31-17-11-16-30(24-31)45-40(49)35(46-39(48)28-14-7-4-8-15-28)23-29-25-44-34-19-10-9-18-32(29)34/h3-19,23-26,38,44H,20-22H2,1-2H3,(H,45,49)(H,46,48)(H,47,50)/b35-23-. The van der Waals surface area contributed by atoms with Crippen molar-refractivity contribution >= 4 is 74.5 Å². The lowest BCUT2D eigenvalue weighted by Crippen LogP contribution is -2.30. The zero-order valence-electron chi connectivity index (χ0n) is 29.7. The molecule has 0 radical (unpaired) electrons. The lowest BCUT2D eigenvalue weighted by molar-refractivity contribution is -0.116. The Bertz CT molecular complexity index is 2370. The number of anilines is 2. The normalized spacial score (nSPS) is 14.5. The summed E-state index contributed by atoms with van der Waals surface area (Å²) in [6.07, 6.45) is 6.02. The number of carbonyl (C=O) groups is 4. The fourth-order valence-electron chi connectivity index (χ4n) is 6.53. The average molecular weight is 755 g/mol. The van der Waals surface area contributed by atoms with Gasteiger partial charge in [-0.15, -0.1) is 23.1 Å². The SMILES string of the molecule is COC(=O)c1c(NC(=O)C(Sc2cccc(NC(=O)/C(=C/c3c[nH]c4ccccc34)NC(=O)c3ccccc3)c2)c2ccccc2)sc2c1CCC(C)C2. The number of thiophene rings is 1. The number of para-hydroxylation sites is 1. The molecule has 6 aromatic rings. The zero-order valence-corrected chi connectivity index (χ0v) is 31.3. The summed E-state index contributed by atoms with van der Waals surface area (Å²) in [5.74, 6) is -1.19. The second kappa shape index (κ2) is 16.4. The summed E-state index contributed by atoms with van der Waals surface area (Å²) >= 11 is 2.77. The number of fused-ring (bicyclic) bond motifs is 2. The Labute approximate surface area is 321 Å². The van der Waals surface area contributed by atoms with Crippen LogP contribution in [0.1, 0.15) is 60.9 Å². The number of H-pyrrole nitrogens is 1. The molecule has 4 aromatic carbocycles. The molecular formula is C43H38N4O5S2. The van der Waals surface area contributed by atoms with Gasteiger partial charge in [0, 0.05) is 43.7 Å². The first kappa shape index (κ1) is 36.4. The molecule has 9 nitrogen and oxygen atoms in total. The highest BCUT2D eigenvalue weighted by Gasteiger charge is 2.31. The second-order valence-electron chi connectivity index (χ2n) is 13.1. The largest absolute Gasteiger partial charge is 0.465 e. The van der Waals surface area contributed by atoms with E-state index in [-0.39, 0.29) is 11.6 Å². The van der Waals surface area contributed by atoms with E-state index in [0.717, 1.165) is 56.6 Å². The lowest BCUT2D eigenvalue weighted by Gasteiger charge is -2.18. The summed E-state index contributed by atoms with van der Waals surface area (Å²) in [6, 6.07) is 33.0. The molecule has 4 N–H and O–H groups in total. The molecule has 7 rings (SSSR count). The molecule has 0 spiro atoms. The molecule has 2 atom stereocenters. The maximum atomic E-state index is 14.2. The van der Waals surface area contributed by atoms with E-state index < -0.39 is 23.0 Å². The van der Waals surface area contributed by atoms with E-state index >= 15 is 0 Å². The van der Waals surface area contributed by atoms with Crippen LogP contribution in [-0.4, -0.2) is 35.8 Å². The highest BCUT2D eigenvalue weighted by Crippen LogP contribution is 2.42. The summed E-state index contributed by atoms with van der Waals surface area (Å²) in [7, 11) is 1.36. The third-order valence-corrected chi connectivity index (χ3v) is 11.7. The van der Waals surface area contributed by atoms with Crippen LogP contribution < -0.4 is 16.0 Å². The monoisotopic (exact) mass is 754 g/mol. The minimum atomic E-state index is -0.691. The molecule has 272 valence electrons. The van der Waals surface area contributed by atoms with Crippen LogP contribution in [0.15, 0.2) is 126 Å². The van der Waals surface area contributed by atoms with Crippen LogP contribution >= 0.6 is 23.1 Å². The number of thioether (sulfide) groups is 1. The van der Waals surface area contributed by atoms with Gasteiger partial charge < -0.3 is 25.7 Å². The first-order valence-corrected chi connectivity index (χ1v) is 19.3. The predicted octanol–water partition coefficient (Wildman–Crippen LogP) is 9.02. The molecule has 0 saturated heterocycles. The fraction of sp³-hybridized carbons (Fsp3) is 0.163. The number of hydrogen-bond acceptors (Lipinski definition) is 7. The molecule has 3 amide bonds. The van der Waals surface area contributed by atoms with E-state index in [1.165, 1.54) is 30.2 Å². The molecule has 2 aromatic heterocycles. The number of aromatic amines is 1. The Kier molecular flexibility index (Phi) is 11.1. The van der Waals surface area contributed by atoms with Gasteiger partial charge in [0.2, 0.25) is 5.91 Å². The van der Waals surface area contributed by atoms with Gasteiger partial charge in [0.25, 0.3) is 11.8 Å². The van der Waals surface area contributed by atoms with Crippen molar-refractivity contribution in [1.29, 1.82) is 0 Å². The maximum Gasteiger partial charge on any atom is 0.341 e. The van der Waals surface area contributed by atoms with Crippen molar-refractivity contribution in [1.82, 2.24) is 10.3 Å². The number of methoxy groups -OCH3 is 1. The predicted molar refractivity (Wildman–Crippen MR) is 216 cm³/mol. The van der Waals surface area contributed by atoms with Gasteiger partial charge in [-0.2, -0.15) is 0 Å². The Hall–Kier alpha value is -5.91. The van der Waals surface area contributed by atoms with Crippen molar-refractivity contribution in [2.45, 2.75) is 36.3 Å². The van der Waals surface area contributed by atoms with Crippen LogP contribution in [0, 0.1) is 5.92 Å². The van der Waals surface area contributed by atoms with Crippen LogP contribution in [0.25, 0.3) is 17.0 Å². The van der Waals surface area contributed by atoms with Crippen molar-refractivity contribution in [3.05, 3.63) is 154 Å². The van der Waals surface area contributed by atoms with Gasteiger partial charge in [-0.3, -0.25) is 14.4 Å². The Morgan fingerprint density at radius 1 is 0.907 bits per heavy atom. The van der Waals surface area contributed by atoms with Crippen LogP contribution in [0.5, 0.6) is 0 Å². The van der Waals surface area contributed by atoms with Crippen molar-refractivity contribution in [3.8, 4) is 0 Å². The average Bonchev–Trinajstić information content (AvgIpc) is 3.77. The van der Waals surface area contributed by atoms with Crippen molar-refractivity contribution in [2.24, 2.45) is 5.92 Å². The van der Waals surface area contributed by atoms with Gasteiger partial charge in [-0.25, -0.2) is 4.79 Å². The first-order valence-electron chi connectivity index (χ1n) is 17.6. The summed E-state index contributed by atoms with van der Waals surface area (Å²) < 4.78 is 5.15. The Morgan fingerprint density at radius 3 is 2.43 bits per heavy atom. The molecule has 1 aliphatic carbocycles. The quantitative estimate of drug-likeness (QED) is 0.0594. The highest BCUT2D eigenvalue weighted by molar-refractivity contribution is 8.00. The Balaban J connectivity index is 1.15. The number of aromatic nitrogens is 1. The number of carbonyl (C=O) groups excluding carboxylic acids is 4. The van der Waals surface area contributed by atoms with E-state index in [1.807, 2.05) is 66.7 Å². The van der Waals surface area contributed by atoms with Gasteiger partial charge in [0.05, 0.1) is 12.7 Å². The summed E-state index contributed by atoms with van der Waals surface area (Å²) in [5, 5.41) is 9.54. The van der Waals surface area contributed by atoms with E-state index in [4.69, 9.17) is 4.74 Å². The minimum Gasteiger partial charge on any atom is -0.465 e. The number of esters is 1. The van der Waals surface area contributed by atoms with Gasteiger partial charge in [-0.05, 0) is 78.8 Å². The number of hydrogen-bond donors (Lipinski definition) is 4. The van der Waals surface area contributed by atoms with Crippen molar-refractivity contribution in [2.75, 3.05) is 17.7 Å². The van der Waals surface area contributed by atoms with Gasteiger partial charge >= 0.3 is 5.97 Å². The number of benzene rings is 4. The molecule has 11 heteroatoms. The zero-order chi connectivity index (χ0) is 37.6. The fourth-order valence-corrected chi connectivity index (χ4v) is 9.01. The van der Waals surface area contributed by atoms with Crippen LogP contribution in [0.3, 0.4) is 0 Å². The van der Waals surface area contributed by atoms with Crippen LogP contribution in [0.4, 0.5) is 10.7 Å². The minimum absolute atomic E-state index is 0.0580. The number of ether oxygens (including phenoxy) is 1. The number of nitrogens with one attached hydrogen (secondary N) is 4. The van der Waals surface area contributed by atoms with E-state index in [0.29, 0.717) is 27.7 Å². The molecule has 0 saturated carbocycles. The summed E-state index contributed by atoms with van der Waals surface area (Å²) in [5.41, 5.74) is 4.76. The van der Waals surface area contributed by atoms with Crippen molar-refractivity contribution < 1.29 is 23.9 Å². The topological polar surface area (TPSA) is 129 Å². The Morgan fingerprint density at radius 2 is 1.65 bits per heavy atom. The summed E-state index contributed by atoms with van der Waals surface area (Å²) in [6.45, 7) is 2.19. The molecule has 2 heterocycles. The number of rotatable bonds is 11. The van der Waals surface area contributed by atoms with Gasteiger partial charge in [0.1, 0.15) is 15.9 Å². The molecule has 54 heavy (non-hydrogen) atoms.